The van der Waals surface area contributed by atoms with E-state index in [0.29, 0.717) is 30.1 Å². The number of nitrogens with one attached hydrogen (secondary N) is 1. The van der Waals surface area contributed by atoms with Crippen molar-refractivity contribution in [2.45, 2.75) is 31.8 Å². The molecule has 1 aliphatic carbocycles. The fourth-order valence-electron chi connectivity index (χ4n) is 1.97. The molecule has 0 heterocycles. The summed E-state index contributed by atoms with van der Waals surface area (Å²) in [6.45, 7) is 0.845. The first-order valence-electron chi connectivity index (χ1n) is 6.76. The van der Waals surface area contributed by atoms with Gasteiger partial charge in [-0.25, -0.2) is 4.39 Å². The maximum absolute atomic E-state index is 13.6. The van der Waals surface area contributed by atoms with Gasteiger partial charge in [-0.05, 0) is 31.0 Å². The summed E-state index contributed by atoms with van der Waals surface area (Å²) in [5.74, 6) is -0.417. The van der Waals surface area contributed by atoms with Crippen LogP contribution in [0.3, 0.4) is 0 Å². The molecule has 1 fully saturated rings. The van der Waals surface area contributed by atoms with E-state index in [-0.39, 0.29) is 18.3 Å². The van der Waals surface area contributed by atoms with Crippen LogP contribution in [0.4, 0.5) is 4.39 Å². The number of nitrogens with zero attached hydrogens (tertiary/aromatic N) is 2. The third-order valence-corrected chi connectivity index (χ3v) is 3.36. The molecule has 1 aromatic rings. The van der Waals surface area contributed by atoms with Crippen molar-refractivity contribution in [2.24, 2.45) is 0 Å². The smallest absolute Gasteiger partial charge is 0.223 e. The number of amides is 1. The topological polar surface area (TPSA) is 56.1 Å². The average molecular weight is 275 g/mol. The normalized spacial score (nSPS) is 13.8. The van der Waals surface area contributed by atoms with Gasteiger partial charge in [0.15, 0.2) is 0 Å². The van der Waals surface area contributed by atoms with E-state index < -0.39 is 0 Å². The minimum absolute atomic E-state index is 0.0279. The number of nitriles is 1. The Balaban J connectivity index is 1.87. The molecule has 0 saturated heterocycles. The van der Waals surface area contributed by atoms with Crippen LogP contribution in [0, 0.1) is 17.1 Å². The van der Waals surface area contributed by atoms with Crippen molar-refractivity contribution in [3.05, 3.63) is 35.1 Å². The zero-order valence-corrected chi connectivity index (χ0v) is 11.5. The van der Waals surface area contributed by atoms with E-state index in [9.17, 15) is 9.18 Å². The Labute approximate surface area is 118 Å². The van der Waals surface area contributed by atoms with Gasteiger partial charge in [-0.2, -0.15) is 5.26 Å². The van der Waals surface area contributed by atoms with Crippen molar-refractivity contribution in [1.82, 2.24) is 10.2 Å². The first-order chi connectivity index (χ1) is 9.60. The molecule has 0 radical (unpaired) electrons. The number of halogens is 1. The quantitative estimate of drug-likeness (QED) is 0.861. The Hall–Kier alpha value is -1.93. The van der Waals surface area contributed by atoms with Crippen molar-refractivity contribution in [3.63, 3.8) is 0 Å². The first kappa shape index (κ1) is 14.5. The highest BCUT2D eigenvalue weighted by atomic mass is 19.1. The first-order valence-corrected chi connectivity index (χ1v) is 6.76. The second kappa shape index (κ2) is 6.49. The maximum atomic E-state index is 13.6. The lowest BCUT2D eigenvalue weighted by atomic mass is 10.1. The van der Waals surface area contributed by atoms with Gasteiger partial charge in [0.05, 0.1) is 11.6 Å². The van der Waals surface area contributed by atoms with Gasteiger partial charge in [0.2, 0.25) is 5.91 Å². The summed E-state index contributed by atoms with van der Waals surface area (Å²) in [5, 5.41) is 12.1. The van der Waals surface area contributed by atoms with Gasteiger partial charge in [0.25, 0.3) is 0 Å². The molecule has 0 aliphatic heterocycles. The van der Waals surface area contributed by atoms with E-state index in [2.05, 4.69) is 5.32 Å². The molecule has 0 spiro atoms. The van der Waals surface area contributed by atoms with Gasteiger partial charge in [-0.1, -0.05) is 0 Å². The highest BCUT2D eigenvalue weighted by Gasteiger charge is 2.20. The molecule has 0 bridgehead atoms. The average Bonchev–Trinajstić information content (AvgIpc) is 3.25. The van der Waals surface area contributed by atoms with Crippen LogP contribution in [0.2, 0.25) is 0 Å². The zero-order chi connectivity index (χ0) is 14.5. The molecule has 20 heavy (non-hydrogen) atoms. The van der Waals surface area contributed by atoms with E-state index in [1.165, 1.54) is 35.9 Å². The van der Waals surface area contributed by atoms with Crippen molar-refractivity contribution in [2.75, 3.05) is 13.6 Å². The highest BCUT2D eigenvalue weighted by molar-refractivity contribution is 5.76. The van der Waals surface area contributed by atoms with Crippen molar-refractivity contribution >= 4 is 5.91 Å². The van der Waals surface area contributed by atoms with Gasteiger partial charge in [-0.15, -0.1) is 0 Å². The van der Waals surface area contributed by atoms with Crippen LogP contribution < -0.4 is 5.32 Å². The minimum Gasteiger partial charge on any atom is -0.341 e. The zero-order valence-electron chi connectivity index (χ0n) is 11.5. The third-order valence-electron chi connectivity index (χ3n) is 3.36. The largest absolute Gasteiger partial charge is 0.341 e. The molecule has 1 aromatic carbocycles. The molecule has 1 amide bonds. The molecule has 4 nitrogen and oxygen atoms in total. The molecular formula is C15H18FN3O. The Bertz CT molecular complexity index is 534. The van der Waals surface area contributed by atoms with Gasteiger partial charge in [0, 0.05) is 38.2 Å². The van der Waals surface area contributed by atoms with Gasteiger partial charge in [-0.3, -0.25) is 4.79 Å². The fourth-order valence-corrected chi connectivity index (χ4v) is 1.97. The number of hydrogen-bond acceptors (Lipinski definition) is 3. The maximum Gasteiger partial charge on any atom is 0.223 e. The van der Waals surface area contributed by atoms with Crippen molar-refractivity contribution in [3.8, 4) is 6.07 Å². The number of carbonyl (C=O) groups is 1. The van der Waals surface area contributed by atoms with Gasteiger partial charge in [0.1, 0.15) is 5.82 Å². The van der Waals surface area contributed by atoms with E-state index in [0.717, 1.165) is 0 Å². The summed E-state index contributed by atoms with van der Waals surface area (Å²) in [4.78, 5) is 13.4. The Kier molecular flexibility index (Phi) is 4.70. The molecule has 5 heteroatoms. The lowest BCUT2D eigenvalue weighted by Gasteiger charge is -2.18. The lowest BCUT2D eigenvalue weighted by molar-refractivity contribution is -0.130. The summed E-state index contributed by atoms with van der Waals surface area (Å²) in [7, 11) is 1.65. The Morgan fingerprint density at radius 3 is 2.95 bits per heavy atom. The molecule has 1 N–H and O–H groups in total. The molecule has 1 saturated carbocycles. The lowest BCUT2D eigenvalue weighted by Crippen LogP contribution is -2.30. The third kappa shape index (κ3) is 4.04. The second-order valence-corrected chi connectivity index (χ2v) is 5.15. The standard InChI is InChI=1S/C15H18FN3O/c1-19(15(20)6-7-18-13-3-4-13)10-12-8-11(9-17)2-5-14(12)16/h2,5,8,13,18H,3-4,6-7,10H2,1H3. The molecule has 0 aromatic heterocycles. The van der Waals surface area contributed by atoms with Crippen LogP contribution in [-0.2, 0) is 11.3 Å². The molecule has 1 aliphatic rings. The molecule has 2 rings (SSSR count). The predicted octanol–water partition coefficient (Wildman–Crippen LogP) is 1.80. The van der Waals surface area contributed by atoms with Crippen LogP contribution in [-0.4, -0.2) is 30.4 Å². The molecule has 106 valence electrons. The SMILES string of the molecule is CN(Cc1cc(C#N)ccc1F)C(=O)CCNC1CC1. The Morgan fingerprint density at radius 1 is 1.55 bits per heavy atom. The van der Waals surface area contributed by atoms with E-state index in [4.69, 9.17) is 5.26 Å². The van der Waals surface area contributed by atoms with Crippen LogP contribution in [0.1, 0.15) is 30.4 Å². The second-order valence-electron chi connectivity index (χ2n) is 5.15. The Morgan fingerprint density at radius 2 is 2.30 bits per heavy atom. The number of hydrogen-bond donors (Lipinski definition) is 1. The van der Waals surface area contributed by atoms with E-state index >= 15 is 0 Å². The summed E-state index contributed by atoms with van der Waals surface area (Å²) in [6.07, 6.45) is 2.79. The van der Waals surface area contributed by atoms with Gasteiger partial charge < -0.3 is 10.2 Å². The van der Waals surface area contributed by atoms with Crippen LogP contribution in [0.15, 0.2) is 18.2 Å². The van der Waals surface area contributed by atoms with E-state index in [1.54, 1.807) is 7.05 Å². The van der Waals surface area contributed by atoms with Crippen LogP contribution >= 0.6 is 0 Å². The summed E-state index contributed by atoms with van der Waals surface area (Å²) in [6, 6.07) is 6.74. The minimum atomic E-state index is -0.389. The number of rotatable bonds is 6. The van der Waals surface area contributed by atoms with Crippen LogP contribution in [0.5, 0.6) is 0 Å². The molecular weight excluding hydrogens is 257 g/mol. The monoisotopic (exact) mass is 275 g/mol. The number of benzene rings is 1. The summed E-state index contributed by atoms with van der Waals surface area (Å²) < 4.78 is 13.6. The number of carbonyl (C=O) groups excluding carboxylic acids is 1. The van der Waals surface area contributed by atoms with Crippen LogP contribution in [0.25, 0.3) is 0 Å². The molecule has 0 unspecified atom stereocenters. The predicted molar refractivity (Wildman–Crippen MR) is 73.2 cm³/mol. The molecule has 0 atom stereocenters. The highest BCUT2D eigenvalue weighted by Crippen LogP contribution is 2.18. The van der Waals surface area contributed by atoms with Crippen molar-refractivity contribution < 1.29 is 9.18 Å². The summed E-state index contributed by atoms with van der Waals surface area (Å²) in [5.41, 5.74) is 0.771. The van der Waals surface area contributed by atoms with E-state index in [1.807, 2.05) is 6.07 Å². The fraction of sp³-hybridized carbons (Fsp3) is 0.467. The van der Waals surface area contributed by atoms with Gasteiger partial charge >= 0.3 is 0 Å². The van der Waals surface area contributed by atoms with Crippen molar-refractivity contribution in [1.29, 1.82) is 5.26 Å². The summed E-state index contributed by atoms with van der Waals surface area (Å²) >= 11 is 0.